The van der Waals surface area contributed by atoms with E-state index in [9.17, 15) is 9.90 Å². The van der Waals surface area contributed by atoms with E-state index >= 15 is 0 Å². The van der Waals surface area contributed by atoms with Crippen LogP contribution in [0.4, 0.5) is 0 Å². The van der Waals surface area contributed by atoms with Gasteiger partial charge in [-0.1, -0.05) is 24.5 Å². The molecule has 0 radical (unpaired) electrons. The lowest BCUT2D eigenvalue weighted by Gasteiger charge is -2.19. The molecule has 1 fully saturated rings. The number of aliphatic hydroxyl groups is 1. The van der Waals surface area contributed by atoms with Gasteiger partial charge in [0.05, 0.1) is 24.3 Å². The van der Waals surface area contributed by atoms with Crippen molar-refractivity contribution in [2.45, 2.75) is 57.1 Å². The smallest absolute Gasteiger partial charge is 0.303 e. The molecule has 1 aromatic rings. The Morgan fingerprint density at radius 1 is 1.39 bits per heavy atom. The lowest BCUT2D eigenvalue weighted by molar-refractivity contribution is -0.136. The van der Waals surface area contributed by atoms with Crippen LogP contribution in [0.1, 0.15) is 50.3 Å². The van der Waals surface area contributed by atoms with Crippen molar-refractivity contribution in [3.05, 3.63) is 11.9 Å². The first-order valence-electron chi connectivity index (χ1n) is 6.47. The van der Waals surface area contributed by atoms with Crippen molar-refractivity contribution in [2.24, 2.45) is 0 Å². The summed E-state index contributed by atoms with van der Waals surface area (Å²) in [4.78, 5) is 10.5. The van der Waals surface area contributed by atoms with Crippen LogP contribution in [0.15, 0.2) is 6.20 Å². The minimum Gasteiger partial charge on any atom is -0.481 e. The summed E-state index contributed by atoms with van der Waals surface area (Å²) < 4.78 is 1.70. The molecule has 100 valence electrons. The van der Waals surface area contributed by atoms with Crippen molar-refractivity contribution in [1.29, 1.82) is 0 Å². The van der Waals surface area contributed by atoms with E-state index in [1.165, 1.54) is 0 Å². The fourth-order valence-corrected chi connectivity index (χ4v) is 2.40. The summed E-state index contributed by atoms with van der Waals surface area (Å²) in [5.74, 6) is -0.834. The number of aliphatic hydroxyl groups excluding tert-OH is 1. The molecule has 0 aromatic carbocycles. The highest BCUT2D eigenvalue weighted by atomic mass is 16.4. The minimum absolute atomic E-state index is 0.0152. The van der Waals surface area contributed by atoms with Crippen LogP contribution in [0.5, 0.6) is 0 Å². The quantitative estimate of drug-likeness (QED) is 0.786. The number of aromatic nitrogens is 3. The highest BCUT2D eigenvalue weighted by Gasteiger charge is 2.24. The first-order valence-corrected chi connectivity index (χ1v) is 6.47. The SMILES string of the molecule is O=C(O)CCc1cn(C2CCCCCC2O)nn1. The Morgan fingerprint density at radius 2 is 2.17 bits per heavy atom. The number of hydrogen-bond donors (Lipinski definition) is 2. The average Bonchev–Trinajstić information content (AvgIpc) is 2.69. The van der Waals surface area contributed by atoms with Gasteiger partial charge in [-0.05, 0) is 12.8 Å². The van der Waals surface area contributed by atoms with Crippen molar-refractivity contribution in [1.82, 2.24) is 15.0 Å². The Labute approximate surface area is 106 Å². The molecule has 0 saturated heterocycles. The number of nitrogens with zero attached hydrogens (tertiary/aromatic N) is 3. The van der Waals surface area contributed by atoms with Gasteiger partial charge in [0, 0.05) is 12.6 Å². The van der Waals surface area contributed by atoms with E-state index in [-0.39, 0.29) is 18.6 Å². The summed E-state index contributed by atoms with van der Waals surface area (Å²) in [6, 6.07) is -0.0152. The molecule has 0 aliphatic heterocycles. The molecular weight excluding hydrogens is 234 g/mol. The van der Waals surface area contributed by atoms with Gasteiger partial charge in [0.2, 0.25) is 0 Å². The van der Waals surface area contributed by atoms with Gasteiger partial charge in [0.1, 0.15) is 0 Å². The van der Waals surface area contributed by atoms with E-state index in [2.05, 4.69) is 10.3 Å². The van der Waals surface area contributed by atoms with Crippen LogP contribution < -0.4 is 0 Å². The molecule has 0 spiro atoms. The number of carboxylic acids is 1. The van der Waals surface area contributed by atoms with Crippen LogP contribution in [0.3, 0.4) is 0 Å². The predicted molar refractivity (Wildman–Crippen MR) is 64.1 cm³/mol. The number of aliphatic carboxylic acids is 1. The van der Waals surface area contributed by atoms with Crippen molar-refractivity contribution < 1.29 is 15.0 Å². The number of rotatable bonds is 4. The van der Waals surface area contributed by atoms with Gasteiger partial charge < -0.3 is 10.2 Å². The molecule has 6 nitrogen and oxygen atoms in total. The van der Waals surface area contributed by atoms with Crippen LogP contribution >= 0.6 is 0 Å². The summed E-state index contributed by atoms with van der Waals surface area (Å²) in [7, 11) is 0. The first kappa shape index (κ1) is 13.0. The molecule has 2 unspecified atom stereocenters. The normalized spacial score (nSPS) is 24.7. The molecule has 0 amide bonds. The van der Waals surface area contributed by atoms with Crippen LogP contribution in [0, 0.1) is 0 Å². The number of carboxylic acid groups (broad SMARTS) is 1. The average molecular weight is 253 g/mol. The van der Waals surface area contributed by atoms with Crippen LogP contribution in [-0.2, 0) is 11.2 Å². The molecule has 6 heteroatoms. The number of hydrogen-bond acceptors (Lipinski definition) is 4. The third kappa shape index (κ3) is 3.29. The molecule has 1 aliphatic carbocycles. The highest BCUT2D eigenvalue weighted by Crippen LogP contribution is 2.26. The second-order valence-electron chi connectivity index (χ2n) is 4.86. The minimum atomic E-state index is -0.834. The first-order chi connectivity index (χ1) is 8.66. The lowest BCUT2D eigenvalue weighted by Crippen LogP contribution is -2.23. The molecule has 1 aromatic heterocycles. The fourth-order valence-electron chi connectivity index (χ4n) is 2.40. The van der Waals surface area contributed by atoms with Crippen LogP contribution in [0.2, 0.25) is 0 Å². The zero-order valence-electron chi connectivity index (χ0n) is 10.3. The summed E-state index contributed by atoms with van der Waals surface area (Å²) in [6.45, 7) is 0. The fraction of sp³-hybridized carbons (Fsp3) is 0.750. The van der Waals surface area contributed by atoms with Gasteiger partial charge in [0.25, 0.3) is 0 Å². The Kier molecular flexibility index (Phi) is 4.30. The molecule has 2 rings (SSSR count). The topological polar surface area (TPSA) is 88.2 Å². The monoisotopic (exact) mass is 253 g/mol. The van der Waals surface area contributed by atoms with Crippen molar-refractivity contribution in [3.8, 4) is 0 Å². The third-order valence-corrected chi connectivity index (χ3v) is 3.44. The summed E-state index contributed by atoms with van der Waals surface area (Å²) in [6.07, 6.45) is 6.84. The second-order valence-corrected chi connectivity index (χ2v) is 4.86. The van der Waals surface area contributed by atoms with Gasteiger partial charge in [-0.3, -0.25) is 4.79 Å². The number of aryl methyl sites for hydroxylation is 1. The predicted octanol–water partition coefficient (Wildman–Crippen LogP) is 1.16. The molecule has 0 bridgehead atoms. The Hall–Kier alpha value is -1.43. The van der Waals surface area contributed by atoms with Crippen molar-refractivity contribution in [2.75, 3.05) is 0 Å². The number of carbonyl (C=O) groups is 1. The van der Waals surface area contributed by atoms with Gasteiger partial charge in [-0.25, -0.2) is 4.68 Å². The summed E-state index contributed by atoms with van der Waals surface area (Å²) in [5, 5.41) is 26.7. The zero-order chi connectivity index (χ0) is 13.0. The standard InChI is InChI=1S/C12H19N3O3/c16-11-5-3-1-2-4-10(11)15-8-9(13-14-15)6-7-12(17)18/h8,10-11,16H,1-7H2,(H,17,18). The van der Waals surface area contributed by atoms with Gasteiger partial charge in [-0.15, -0.1) is 5.10 Å². The molecule has 1 saturated carbocycles. The zero-order valence-corrected chi connectivity index (χ0v) is 10.3. The van der Waals surface area contributed by atoms with Crippen LogP contribution in [0.25, 0.3) is 0 Å². The maximum Gasteiger partial charge on any atom is 0.303 e. The second kappa shape index (κ2) is 5.95. The molecular formula is C12H19N3O3. The molecule has 2 atom stereocenters. The maximum atomic E-state index is 10.5. The molecule has 1 heterocycles. The largest absolute Gasteiger partial charge is 0.481 e. The van der Waals surface area contributed by atoms with E-state index in [0.29, 0.717) is 12.1 Å². The lowest BCUT2D eigenvalue weighted by atomic mass is 10.1. The Bertz CT molecular complexity index is 405. The summed E-state index contributed by atoms with van der Waals surface area (Å²) in [5.41, 5.74) is 0.675. The van der Waals surface area contributed by atoms with E-state index < -0.39 is 5.97 Å². The molecule has 18 heavy (non-hydrogen) atoms. The highest BCUT2D eigenvalue weighted by molar-refractivity contribution is 5.66. The molecule has 2 N–H and O–H groups in total. The van der Waals surface area contributed by atoms with Gasteiger partial charge >= 0.3 is 5.97 Å². The van der Waals surface area contributed by atoms with E-state index in [4.69, 9.17) is 5.11 Å². The Morgan fingerprint density at radius 3 is 2.94 bits per heavy atom. The van der Waals surface area contributed by atoms with Crippen molar-refractivity contribution in [3.63, 3.8) is 0 Å². The molecule has 1 aliphatic rings. The van der Waals surface area contributed by atoms with E-state index in [1.54, 1.807) is 10.9 Å². The van der Waals surface area contributed by atoms with E-state index in [1.807, 2.05) is 0 Å². The van der Waals surface area contributed by atoms with Gasteiger partial charge in [0.15, 0.2) is 0 Å². The van der Waals surface area contributed by atoms with Crippen molar-refractivity contribution >= 4 is 5.97 Å². The third-order valence-electron chi connectivity index (χ3n) is 3.44. The van der Waals surface area contributed by atoms with Crippen LogP contribution in [-0.4, -0.2) is 37.3 Å². The summed E-state index contributed by atoms with van der Waals surface area (Å²) >= 11 is 0. The van der Waals surface area contributed by atoms with E-state index in [0.717, 1.165) is 32.1 Å². The Balaban J connectivity index is 2.01. The maximum absolute atomic E-state index is 10.5. The van der Waals surface area contributed by atoms with Gasteiger partial charge in [-0.2, -0.15) is 0 Å².